The molecule has 1 fully saturated rings. The van der Waals surface area contributed by atoms with Crippen LogP contribution in [0.15, 0.2) is 24.3 Å². The molecule has 5 heteroatoms. The van der Waals surface area contributed by atoms with Gasteiger partial charge in [0.15, 0.2) is 0 Å². The molecule has 1 aromatic rings. The van der Waals surface area contributed by atoms with Crippen molar-refractivity contribution in [3.63, 3.8) is 0 Å². The lowest BCUT2D eigenvalue weighted by atomic mass is 10.1. The minimum absolute atomic E-state index is 0. The molecular formula is C14H20ClFN2O. The van der Waals surface area contributed by atoms with Crippen LogP contribution in [-0.4, -0.2) is 37.0 Å². The molecule has 2 rings (SSSR count). The van der Waals surface area contributed by atoms with Crippen LogP contribution in [0.25, 0.3) is 0 Å². The van der Waals surface area contributed by atoms with Gasteiger partial charge in [0.05, 0.1) is 0 Å². The van der Waals surface area contributed by atoms with E-state index in [0.29, 0.717) is 18.9 Å². The van der Waals surface area contributed by atoms with E-state index in [2.05, 4.69) is 5.32 Å². The Morgan fingerprint density at radius 3 is 2.68 bits per heavy atom. The van der Waals surface area contributed by atoms with E-state index in [9.17, 15) is 9.18 Å². The standard InChI is InChI=1S/C14H19FN2O.ClH/c1-17(13-8-9-16-10-13)14(18)7-4-11-2-5-12(15)6-3-11;/h2-3,5-6,13,16H,4,7-10H2,1H3;1H. The summed E-state index contributed by atoms with van der Waals surface area (Å²) in [4.78, 5) is 13.8. The lowest BCUT2D eigenvalue weighted by Gasteiger charge is -2.23. The van der Waals surface area contributed by atoms with Crippen LogP contribution in [-0.2, 0) is 11.2 Å². The molecule has 0 aromatic heterocycles. The van der Waals surface area contributed by atoms with Crippen molar-refractivity contribution < 1.29 is 9.18 Å². The number of carbonyl (C=O) groups excluding carboxylic acids is 1. The lowest BCUT2D eigenvalue weighted by molar-refractivity contribution is -0.131. The van der Waals surface area contributed by atoms with Crippen LogP contribution >= 0.6 is 12.4 Å². The second-order valence-corrected chi connectivity index (χ2v) is 4.78. The molecule has 106 valence electrons. The number of aryl methyl sites for hydroxylation is 1. The van der Waals surface area contributed by atoms with Crippen LogP contribution in [0.5, 0.6) is 0 Å². The van der Waals surface area contributed by atoms with Gasteiger partial charge < -0.3 is 10.2 Å². The van der Waals surface area contributed by atoms with Crippen molar-refractivity contribution in [1.29, 1.82) is 0 Å². The topological polar surface area (TPSA) is 32.3 Å². The summed E-state index contributed by atoms with van der Waals surface area (Å²) in [5.41, 5.74) is 1.00. The number of nitrogens with zero attached hydrogens (tertiary/aromatic N) is 1. The molecular weight excluding hydrogens is 267 g/mol. The first-order valence-electron chi connectivity index (χ1n) is 6.37. The van der Waals surface area contributed by atoms with Gasteiger partial charge in [0, 0.05) is 26.1 Å². The molecule has 3 nitrogen and oxygen atoms in total. The maximum Gasteiger partial charge on any atom is 0.222 e. The summed E-state index contributed by atoms with van der Waals surface area (Å²) in [6.45, 7) is 1.87. The van der Waals surface area contributed by atoms with Crippen molar-refractivity contribution in [2.75, 3.05) is 20.1 Å². The Hall–Kier alpha value is -1.13. The highest BCUT2D eigenvalue weighted by molar-refractivity contribution is 5.85. The van der Waals surface area contributed by atoms with Gasteiger partial charge in [-0.1, -0.05) is 12.1 Å². The number of nitrogens with one attached hydrogen (secondary N) is 1. The van der Waals surface area contributed by atoms with Crippen LogP contribution in [0, 0.1) is 5.82 Å². The monoisotopic (exact) mass is 286 g/mol. The third kappa shape index (κ3) is 4.48. The van der Waals surface area contributed by atoms with Gasteiger partial charge in [-0.25, -0.2) is 4.39 Å². The number of carbonyl (C=O) groups is 1. The predicted molar refractivity (Wildman–Crippen MR) is 76.0 cm³/mol. The Bertz CT molecular complexity index is 404. The fourth-order valence-electron chi connectivity index (χ4n) is 2.25. The number of likely N-dealkylation sites (N-methyl/N-ethyl adjacent to an activating group) is 1. The van der Waals surface area contributed by atoms with Gasteiger partial charge in [-0.3, -0.25) is 4.79 Å². The van der Waals surface area contributed by atoms with Gasteiger partial charge in [-0.2, -0.15) is 0 Å². The molecule has 0 saturated carbocycles. The van der Waals surface area contributed by atoms with Gasteiger partial charge in [0.25, 0.3) is 0 Å². The van der Waals surface area contributed by atoms with E-state index >= 15 is 0 Å². The molecule has 1 aliphatic heterocycles. The largest absolute Gasteiger partial charge is 0.341 e. The normalized spacial score (nSPS) is 17.9. The number of amides is 1. The Morgan fingerprint density at radius 1 is 1.42 bits per heavy atom. The van der Waals surface area contributed by atoms with Crippen molar-refractivity contribution in [3.05, 3.63) is 35.6 Å². The summed E-state index contributed by atoms with van der Waals surface area (Å²) >= 11 is 0. The van der Waals surface area contributed by atoms with E-state index in [4.69, 9.17) is 0 Å². The molecule has 1 unspecified atom stereocenters. The second kappa shape index (κ2) is 7.46. The van der Waals surface area contributed by atoms with E-state index in [1.54, 1.807) is 12.1 Å². The first-order valence-corrected chi connectivity index (χ1v) is 6.37. The highest BCUT2D eigenvalue weighted by Gasteiger charge is 2.22. The zero-order valence-corrected chi connectivity index (χ0v) is 11.9. The van der Waals surface area contributed by atoms with Crippen LogP contribution in [0.3, 0.4) is 0 Å². The molecule has 1 saturated heterocycles. The molecule has 1 atom stereocenters. The second-order valence-electron chi connectivity index (χ2n) is 4.78. The molecule has 19 heavy (non-hydrogen) atoms. The van der Waals surface area contributed by atoms with Crippen LogP contribution < -0.4 is 5.32 Å². The molecule has 0 radical (unpaired) electrons. The van der Waals surface area contributed by atoms with Gasteiger partial charge in [0.1, 0.15) is 5.82 Å². The van der Waals surface area contributed by atoms with Crippen molar-refractivity contribution in [1.82, 2.24) is 10.2 Å². The van der Waals surface area contributed by atoms with Gasteiger partial charge in [-0.05, 0) is 37.1 Å². The number of hydrogen-bond acceptors (Lipinski definition) is 2. The molecule has 1 aromatic carbocycles. The Kier molecular flexibility index (Phi) is 6.25. The summed E-state index contributed by atoms with van der Waals surface area (Å²) < 4.78 is 12.7. The number of halogens is 2. The Labute approximate surface area is 119 Å². The van der Waals surface area contributed by atoms with Crippen molar-refractivity contribution >= 4 is 18.3 Å². The zero-order valence-electron chi connectivity index (χ0n) is 11.1. The summed E-state index contributed by atoms with van der Waals surface area (Å²) in [6, 6.07) is 6.67. The molecule has 0 aliphatic carbocycles. The molecule has 1 N–H and O–H groups in total. The van der Waals surface area contributed by atoms with E-state index < -0.39 is 0 Å². The summed E-state index contributed by atoms with van der Waals surface area (Å²) in [5.74, 6) is -0.0766. The van der Waals surface area contributed by atoms with Gasteiger partial charge in [0.2, 0.25) is 5.91 Å². The fraction of sp³-hybridized carbons (Fsp3) is 0.500. The van der Waals surface area contributed by atoms with Gasteiger partial charge in [-0.15, -0.1) is 12.4 Å². The number of rotatable bonds is 4. The van der Waals surface area contributed by atoms with Crippen molar-refractivity contribution in [2.45, 2.75) is 25.3 Å². The third-order valence-corrected chi connectivity index (χ3v) is 3.52. The lowest BCUT2D eigenvalue weighted by Crippen LogP contribution is -2.38. The van der Waals surface area contributed by atoms with E-state index in [-0.39, 0.29) is 24.1 Å². The van der Waals surface area contributed by atoms with Gasteiger partial charge >= 0.3 is 0 Å². The summed E-state index contributed by atoms with van der Waals surface area (Å²) in [6.07, 6.45) is 2.18. The minimum Gasteiger partial charge on any atom is -0.341 e. The highest BCUT2D eigenvalue weighted by Crippen LogP contribution is 2.10. The molecule has 1 amide bonds. The van der Waals surface area contributed by atoms with Crippen LogP contribution in [0.4, 0.5) is 4.39 Å². The minimum atomic E-state index is -0.237. The van der Waals surface area contributed by atoms with E-state index in [1.807, 2.05) is 11.9 Å². The SMILES string of the molecule is CN(C(=O)CCc1ccc(F)cc1)C1CCNC1.Cl. The molecule has 0 bridgehead atoms. The first kappa shape index (κ1) is 15.9. The summed E-state index contributed by atoms with van der Waals surface area (Å²) in [5, 5.41) is 3.25. The number of hydrogen-bond donors (Lipinski definition) is 1. The maximum absolute atomic E-state index is 12.7. The zero-order chi connectivity index (χ0) is 13.0. The van der Waals surface area contributed by atoms with Crippen molar-refractivity contribution in [2.24, 2.45) is 0 Å². The van der Waals surface area contributed by atoms with Crippen LogP contribution in [0.2, 0.25) is 0 Å². The predicted octanol–water partition coefficient (Wildman–Crippen LogP) is 2.00. The Balaban J connectivity index is 0.00000180. The fourth-order valence-corrected chi connectivity index (χ4v) is 2.25. The number of benzene rings is 1. The van der Waals surface area contributed by atoms with E-state index in [1.165, 1.54) is 12.1 Å². The van der Waals surface area contributed by atoms with Crippen molar-refractivity contribution in [3.8, 4) is 0 Å². The maximum atomic E-state index is 12.7. The van der Waals surface area contributed by atoms with Crippen LogP contribution in [0.1, 0.15) is 18.4 Å². The molecule has 1 heterocycles. The first-order chi connectivity index (χ1) is 8.66. The van der Waals surface area contributed by atoms with E-state index in [0.717, 1.165) is 25.1 Å². The average Bonchev–Trinajstić information content (AvgIpc) is 2.90. The molecule has 1 aliphatic rings. The smallest absolute Gasteiger partial charge is 0.222 e. The summed E-state index contributed by atoms with van der Waals surface area (Å²) in [7, 11) is 1.87. The quantitative estimate of drug-likeness (QED) is 0.918. The average molecular weight is 287 g/mol. The molecule has 0 spiro atoms. The highest BCUT2D eigenvalue weighted by atomic mass is 35.5. The third-order valence-electron chi connectivity index (χ3n) is 3.52. The Morgan fingerprint density at radius 2 is 2.11 bits per heavy atom.